The van der Waals surface area contributed by atoms with Crippen molar-refractivity contribution in [1.82, 2.24) is 14.6 Å². The van der Waals surface area contributed by atoms with E-state index in [1.807, 2.05) is 42.6 Å². The van der Waals surface area contributed by atoms with Crippen molar-refractivity contribution >= 4 is 11.5 Å². The fourth-order valence-corrected chi connectivity index (χ4v) is 3.74. The number of imidazole rings is 1. The summed E-state index contributed by atoms with van der Waals surface area (Å²) in [6.45, 7) is 4.03. The summed E-state index contributed by atoms with van der Waals surface area (Å²) in [5, 5.41) is 16.2. The fraction of sp³-hybridized carbons (Fsp3) is 0.429. The zero-order valence-corrected chi connectivity index (χ0v) is 15.8. The van der Waals surface area contributed by atoms with Gasteiger partial charge in [0, 0.05) is 17.8 Å². The van der Waals surface area contributed by atoms with Gasteiger partial charge in [-0.15, -0.1) is 0 Å². The molecule has 1 aromatic carbocycles. The van der Waals surface area contributed by atoms with Gasteiger partial charge in [-0.25, -0.2) is 9.50 Å². The van der Waals surface area contributed by atoms with Crippen LogP contribution in [0.4, 0.5) is 5.82 Å². The first-order chi connectivity index (χ1) is 13.2. The third-order valence-corrected chi connectivity index (χ3v) is 5.02. The molecule has 4 rings (SSSR count). The van der Waals surface area contributed by atoms with Crippen LogP contribution in [-0.4, -0.2) is 26.7 Å². The molecule has 1 aliphatic rings. The van der Waals surface area contributed by atoms with E-state index in [-0.39, 0.29) is 6.10 Å². The second-order valence-electron chi connectivity index (χ2n) is 7.44. The standard InChI is InChI=1S/C21H25N5O/c1-14(2)27-18-10-8-15(9-11-18)19-21(24-17-6-4-3-5-7-17)26-20(25-19)16(12-22)13-23-26/h8-11,13-14,17,23-24H,3-7H2,1-2H3. The number of rotatable bonds is 5. The number of aromatic amines is 1. The lowest BCUT2D eigenvalue weighted by atomic mass is 9.95. The van der Waals surface area contributed by atoms with Crippen molar-refractivity contribution in [2.75, 3.05) is 5.32 Å². The third-order valence-electron chi connectivity index (χ3n) is 5.02. The van der Waals surface area contributed by atoms with Gasteiger partial charge in [0.1, 0.15) is 23.1 Å². The fourth-order valence-electron chi connectivity index (χ4n) is 3.74. The van der Waals surface area contributed by atoms with Crippen LogP contribution < -0.4 is 10.1 Å². The van der Waals surface area contributed by atoms with Crippen LogP contribution in [-0.2, 0) is 0 Å². The van der Waals surface area contributed by atoms with E-state index < -0.39 is 0 Å². The summed E-state index contributed by atoms with van der Waals surface area (Å²) in [7, 11) is 0. The Bertz CT molecular complexity index is 955. The summed E-state index contributed by atoms with van der Waals surface area (Å²) in [5.41, 5.74) is 3.08. The van der Waals surface area contributed by atoms with Gasteiger partial charge in [-0.2, -0.15) is 5.26 Å². The van der Waals surface area contributed by atoms with Gasteiger partial charge in [0.05, 0.1) is 6.10 Å². The predicted octanol–water partition coefficient (Wildman–Crippen LogP) is 4.73. The molecule has 6 nitrogen and oxygen atoms in total. The molecule has 2 aromatic heterocycles. The molecule has 1 aliphatic carbocycles. The minimum Gasteiger partial charge on any atom is -0.491 e. The normalized spacial score (nSPS) is 15.2. The minimum absolute atomic E-state index is 0.142. The number of benzene rings is 1. The summed E-state index contributed by atoms with van der Waals surface area (Å²) in [6.07, 6.45) is 8.00. The van der Waals surface area contributed by atoms with Crippen molar-refractivity contribution in [3.05, 3.63) is 36.0 Å². The summed E-state index contributed by atoms with van der Waals surface area (Å²) in [4.78, 5) is 4.78. The van der Waals surface area contributed by atoms with E-state index in [9.17, 15) is 5.26 Å². The van der Waals surface area contributed by atoms with Crippen molar-refractivity contribution in [1.29, 1.82) is 5.26 Å². The average molecular weight is 363 g/mol. The first kappa shape index (κ1) is 17.5. The Morgan fingerprint density at radius 3 is 2.63 bits per heavy atom. The van der Waals surface area contributed by atoms with E-state index in [4.69, 9.17) is 9.72 Å². The molecule has 1 fully saturated rings. The zero-order valence-electron chi connectivity index (χ0n) is 15.8. The molecule has 140 valence electrons. The first-order valence-electron chi connectivity index (χ1n) is 9.69. The zero-order chi connectivity index (χ0) is 18.8. The Morgan fingerprint density at radius 2 is 1.96 bits per heavy atom. The molecule has 0 atom stereocenters. The molecule has 6 heteroatoms. The number of fused-ring (bicyclic) bond motifs is 1. The van der Waals surface area contributed by atoms with Crippen molar-refractivity contribution in [3.63, 3.8) is 0 Å². The summed E-state index contributed by atoms with van der Waals surface area (Å²) < 4.78 is 7.64. The van der Waals surface area contributed by atoms with E-state index >= 15 is 0 Å². The monoisotopic (exact) mass is 363 g/mol. The van der Waals surface area contributed by atoms with Crippen LogP contribution in [0.1, 0.15) is 51.5 Å². The SMILES string of the molecule is CC(C)Oc1ccc(-c2nc3c(C#N)c[nH]n3c2NC2CCCCC2)cc1. The Kier molecular flexibility index (Phi) is 4.76. The van der Waals surface area contributed by atoms with Gasteiger partial charge in [0.2, 0.25) is 0 Å². The van der Waals surface area contributed by atoms with Crippen molar-refractivity contribution in [2.45, 2.75) is 58.1 Å². The van der Waals surface area contributed by atoms with Crippen LogP contribution in [0.15, 0.2) is 30.5 Å². The van der Waals surface area contributed by atoms with E-state index in [1.54, 1.807) is 6.20 Å². The molecule has 2 heterocycles. The maximum atomic E-state index is 9.38. The average Bonchev–Trinajstić information content (AvgIpc) is 3.23. The summed E-state index contributed by atoms with van der Waals surface area (Å²) >= 11 is 0. The number of ether oxygens (including phenoxy) is 1. The maximum Gasteiger partial charge on any atom is 0.173 e. The van der Waals surface area contributed by atoms with Crippen LogP contribution in [0.5, 0.6) is 5.75 Å². The largest absolute Gasteiger partial charge is 0.491 e. The number of anilines is 1. The van der Waals surface area contributed by atoms with Crippen LogP contribution in [0.2, 0.25) is 0 Å². The molecule has 27 heavy (non-hydrogen) atoms. The smallest absolute Gasteiger partial charge is 0.173 e. The van der Waals surface area contributed by atoms with Gasteiger partial charge < -0.3 is 10.1 Å². The molecule has 0 saturated heterocycles. The van der Waals surface area contributed by atoms with Gasteiger partial charge >= 0.3 is 0 Å². The Morgan fingerprint density at radius 1 is 1.22 bits per heavy atom. The number of hydrogen-bond acceptors (Lipinski definition) is 4. The number of nitrogens with one attached hydrogen (secondary N) is 2. The molecule has 0 unspecified atom stereocenters. The highest BCUT2D eigenvalue weighted by Crippen LogP contribution is 2.33. The van der Waals surface area contributed by atoms with E-state index in [0.29, 0.717) is 17.3 Å². The van der Waals surface area contributed by atoms with Gasteiger partial charge in [0.15, 0.2) is 11.5 Å². The summed E-state index contributed by atoms with van der Waals surface area (Å²) in [6, 6.07) is 10.6. The molecule has 1 saturated carbocycles. The molecular formula is C21H25N5O. The topological polar surface area (TPSA) is 78.1 Å². The Hall–Kier alpha value is -2.94. The molecule has 0 bridgehead atoms. The predicted molar refractivity (Wildman–Crippen MR) is 106 cm³/mol. The van der Waals surface area contributed by atoms with E-state index in [2.05, 4.69) is 16.5 Å². The number of aromatic nitrogens is 3. The number of nitriles is 1. The Balaban J connectivity index is 1.73. The Labute approximate surface area is 159 Å². The van der Waals surface area contributed by atoms with Crippen LogP contribution >= 0.6 is 0 Å². The van der Waals surface area contributed by atoms with Gasteiger partial charge in [-0.05, 0) is 51.0 Å². The van der Waals surface area contributed by atoms with Crippen LogP contribution in [0.3, 0.4) is 0 Å². The highest BCUT2D eigenvalue weighted by molar-refractivity contribution is 5.78. The van der Waals surface area contributed by atoms with Crippen molar-refractivity contribution < 1.29 is 4.74 Å². The van der Waals surface area contributed by atoms with Gasteiger partial charge in [-0.3, -0.25) is 5.10 Å². The first-order valence-corrected chi connectivity index (χ1v) is 9.69. The minimum atomic E-state index is 0.142. The highest BCUT2D eigenvalue weighted by atomic mass is 16.5. The molecule has 0 aliphatic heterocycles. The van der Waals surface area contributed by atoms with Gasteiger partial charge in [-0.1, -0.05) is 19.3 Å². The lowest BCUT2D eigenvalue weighted by Crippen LogP contribution is -2.23. The highest BCUT2D eigenvalue weighted by Gasteiger charge is 2.22. The van der Waals surface area contributed by atoms with Crippen molar-refractivity contribution in [2.24, 2.45) is 0 Å². The second-order valence-corrected chi connectivity index (χ2v) is 7.44. The molecular weight excluding hydrogens is 338 g/mol. The van der Waals surface area contributed by atoms with Gasteiger partial charge in [0.25, 0.3) is 0 Å². The molecule has 3 aromatic rings. The summed E-state index contributed by atoms with van der Waals surface area (Å²) in [5.74, 6) is 1.77. The number of nitrogens with zero attached hydrogens (tertiary/aromatic N) is 3. The third kappa shape index (κ3) is 3.50. The molecule has 0 spiro atoms. The molecule has 0 amide bonds. The second kappa shape index (κ2) is 7.36. The van der Waals surface area contributed by atoms with Crippen LogP contribution in [0.25, 0.3) is 16.9 Å². The molecule has 2 N–H and O–H groups in total. The van der Waals surface area contributed by atoms with E-state index in [1.165, 1.54) is 32.1 Å². The van der Waals surface area contributed by atoms with Crippen molar-refractivity contribution in [3.8, 4) is 23.1 Å². The lowest BCUT2D eigenvalue weighted by Gasteiger charge is -2.23. The number of H-pyrrole nitrogens is 1. The number of hydrogen-bond donors (Lipinski definition) is 2. The molecule has 0 radical (unpaired) electrons. The maximum absolute atomic E-state index is 9.38. The quantitative estimate of drug-likeness (QED) is 0.687. The van der Waals surface area contributed by atoms with Crippen LogP contribution in [0, 0.1) is 11.3 Å². The van der Waals surface area contributed by atoms with E-state index in [0.717, 1.165) is 22.8 Å². The lowest BCUT2D eigenvalue weighted by molar-refractivity contribution is 0.242.